The van der Waals surface area contributed by atoms with Crippen molar-refractivity contribution in [3.63, 3.8) is 0 Å². The minimum absolute atomic E-state index is 0.0287. The molecule has 0 bridgehead atoms. The molecule has 82 valence electrons. The number of aliphatic carboxylic acids is 1. The van der Waals surface area contributed by atoms with Crippen LogP contribution in [0.4, 0.5) is 0 Å². The summed E-state index contributed by atoms with van der Waals surface area (Å²) >= 11 is 0. The molecule has 3 heteroatoms. The maximum Gasteiger partial charge on any atom is 0.303 e. The maximum absolute atomic E-state index is 10.7. The average Bonchev–Trinajstić information content (AvgIpc) is 2.28. The Kier molecular flexibility index (Phi) is 2.91. The van der Waals surface area contributed by atoms with Gasteiger partial charge in [0.25, 0.3) is 0 Å². The maximum atomic E-state index is 10.7. The van der Waals surface area contributed by atoms with Crippen LogP contribution in [-0.4, -0.2) is 34.6 Å². The van der Waals surface area contributed by atoms with E-state index in [-0.39, 0.29) is 11.0 Å². The molecule has 3 nitrogen and oxygen atoms in total. The van der Waals surface area contributed by atoms with Crippen LogP contribution in [0.3, 0.4) is 0 Å². The molecule has 0 saturated carbocycles. The standard InChI is InChI=1S/C11H21NO2/c1-10(2,3)12-6-5-11(4,8-12)7-9(13)14/h5-8H2,1-4H3,(H,13,14). The Hall–Kier alpha value is -0.570. The van der Waals surface area contributed by atoms with Crippen molar-refractivity contribution in [3.05, 3.63) is 0 Å². The summed E-state index contributed by atoms with van der Waals surface area (Å²) in [5.74, 6) is -0.678. The van der Waals surface area contributed by atoms with Gasteiger partial charge in [0, 0.05) is 12.1 Å². The summed E-state index contributed by atoms with van der Waals surface area (Å²) in [6, 6.07) is 0. The average molecular weight is 199 g/mol. The number of carbonyl (C=O) groups is 1. The van der Waals surface area contributed by atoms with Crippen molar-refractivity contribution in [3.8, 4) is 0 Å². The molecule has 1 rings (SSSR count). The van der Waals surface area contributed by atoms with E-state index in [9.17, 15) is 4.79 Å². The summed E-state index contributed by atoms with van der Waals surface area (Å²) in [6.07, 6.45) is 1.29. The fourth-order valence-electron chi connectivity index (χ4n) is 2.11. The number of carboxylic acids is 1. The first-order valence-corrected chi connectivity index (χ1v) is 5.20. The van der Waals surface area contributed by atoms with E-state index in [1.54, 1.807) is 0 Å². The number of carboxylic acid groups (broad SMARTS) is 1. The van der Waals surface area contributed by atoms with Gasteiger partial charge in [-0.25, -0.2) is 0 Å². The predicted molar refractivity (Wildman–Crippen MR) is 56.3 cm³/mol. The molecule has 1 atom stereocenters. The summed E-state index contributed by atoms with van der Waals surface area (Å²) < 4.78 is 0. The van der Waals surface area contributed by atoms with Gasteiger partial charge in [0.2, 0.25) is 0 Å². The SMILES string of the molecule is CC1(CC(=O)O)CCN(C(C)(C)C)C1. The summed E-state index contributed by atoms with van der Waals surface area (Å²) in [5, 5.41) is 8.81. The third kappa shape index (κ3) is 2.71. The second-order valence-corrected chi connectivity index (χ2v) is 5.72. The molecule has 1 aliphatic heterocycles. The molecule has 0 spiro atoms. The minimum Gasteiger partial charge on any atom is -0.481 e. The van der Waals surface area contributed by atoms with Crippen molar-refractivity contribution in [2.45, 2.75) is 46.1 Å². The van der Waals surface area contributed by atoms with Gasteiger partial charge in [-0.05, 0) is 39.2 Å². The molecular weight excluding hydrogens is 178 g/mol. The molecule has 0 aromatic heterocycles. The van der Waals surface area contributed by atoms with E-state index in [4.69, 9.17) is 5.11 Å². The van der Waals surface area contributed by atoms with E-state index >= 15 is 0 Å². The van der Waals surface area contributed by atoms with E-state index in [0.717, 1.165) is 19.5 Å². The zero-order valence-electron chi connectivity index (χ0n) is 9.63. The van der Waals surface area contributed by atoms with Gasteiger partial charge in [0.05, 0.1) is 6.42 Å². The molecule has 1 fully saturated rings. The molecule has 1 N–H and O–H groups in total. The quantitative estimate of drug-likeness (QED) is 0.739. The van der Waals surface area contributed by atoms with Crippen LogP contribution in [0.25, 0.3) is 0 Å². The lowest BCUT2D eigenvalue weighted by atomic mass is 9.86. The summed E-state index contributed by atoms with van der Waals surface area (Å²) in [5.41, 5.74) is 0.134. The Morgan fingerprint density at radius 3 is 2.43 bits per heavy atom. The molecule has 0 aromatic rings. The van der Waals surface area contributed by atoms with Gasteiger partial charge in [-0.1, -0.05) is 6.92 Å². The van der Waals surface area contributed by atoms with E-state index < -0.39 is 5.97 Å². The fraction of sp³-hybridized carbons (Fsp3) is 0.909. The van der Waals surface area contributed by atoms with Crippen LogP contribution in [0, 0.1) is 5.41 Å². The third-order valence-corrected chi connectivity index (χ3v) is 3.08. The molecular formula is C11H21NO2. The molecule has 14 heavy (non-hydrogen) atoms. The van der Waals surface area contributed by atoms with Crippen molar-refractivity contribution in [1.29, 1.82) is 0 Å². The van der Waals surface area contributed by atoms with Gasteiger partial charge < -0.3 is 5.11 Å². The zero-order chi connectivity index (χ0) is 11.0. The van der Waals surface area contributed by atoms with E-state index in [1.807, 2.05) is 0 Å². The first-order chi connectivity index (χ1) is 6.23. The second kappa shape index (κ2) is 3.54. The van der Waals surface area contributed by atoms with Crippen LogP contribution >= 0.6 is 0 Å². The van der Waals surface area contributed by atoms with Crippen LogP contribution < -0.4 is 0 Å². The van der Waals surface area contributed by atoms with Crippen LogP contribution in [-0.2, 0) is 4.79 Å². The van der Waals surface area contributed by atoms with E-state index in [2.05, 4.69) is 32.6 Å². The number of likely N-dealkylation sites (tertiary alicyclic amines) is 1. The fourth-order valence-corrected chi connectivity index (χ4v) is 2.11. The summed E-state index contributed by atoms with van der Waals surface area (Å²) in [4.78, 5) is 13.1. The van der Waals surface area contributed by atoms with Gasteiger partial charge in [0.15, 0.2) is 0 Å². The van der Waals surface area contributed by atoms with Gasteiger partial charge in [-0.15, -0.1) is 0 Å². The number of hydrogen-bond acceptors (Lipinski definition) is 2. The largest absolute Gasteiger partial charge is 0.481 e. The van der Waals surface area contributed by atoms with Crippen molar-refractivity contribution < 1.29 is 9.90 Å². The minimum atomic E-state index is -0.678. The molecule has 1 saturated heterocycles. The summed E-state index contributed by atoms with van der Waals surface area (Å²) in [6.45, 7) is 10.5. The first kappa shape index (κ1) is 11.5. The lowest BCUT2D eigenvalue weighted by Crippen LogP contribution is -2.40. The van der Waals surface area contributed by atoms with Crippen LogP contribution in [0.1, 0.15) is 40.5 Å². The Labute approximate surface area is 86.1 Å². The van der Waals surface area contributed by atoms with Crippen LogP contribution in [0.15, 0.2) is 0 Å². The molecule has 0 radical (unpaired) electrons. The normalized spacial score (nSPS) is 29.4. The zero-order valence-corrected chi connectivity index (χ0v) is 9.63. The van der Waals surface area contributed by atoms with E-state index in [1.165, 1.54) is 0 Å². The molecule has 0 aliphatic carbocycles. The molecule has 1 aliphatic rings. The first-order valence-electron chi connectivity index (χ1n) is 5.20. The van der Waals surface area contributed by atoms with Crippen molar-refractivity contribution in [2.75, 3.05) is 13.1 Å². The van der Waals surface area contributed by atoms with Gasteiger partial charge in [0.1, 0.15) is 0 Å². The topological polar surface area (TPSA) is 40.5 Å². The smallest absolute Gasteiger partial charge is 0.303 e. The van der Waals surface area contributed by atoms with Gasteiger partial charge in [-0.2, -0.15) is 0 Å². The van der Waals surface area contributed by atoms with E-state index in [0.29, 0.717) is 6.42 Å². The lowest BCUT2D eigenvalue weighted by Gasteiger charge is -2.33. The molecule has 1 heterocycles. The Balaban J connectivity index is 2.59. The number of rotatable bonds is 2. The highest BCUT2D eigenvalue weighted by Crippen LogP contribution is 2.36. The Bertz CT molecular complexity index is 232. The van der Waals surface area contributed by atoms with Crippen molar-refractivity contribution in [2.24, 2.45) is 5.41 Å². The Morgan fingerprint density at radius 2 is 2.07 bits per heavy atom. The molecule has 1 unspecified atom stereocenters. The van der Waals surface area contributed by atoms with Crippen LogP contribution in [0.5, 0.6) is 0 Å². The molecule has 0 aromatic carbocycles. The van der Waals surface area contributed by atoms with Crippen molar-refractivity contribution in [1.82, 2.24) is 4.90 Å². The Morgan fingerprint density at radius 1 is 1.50 bits per heavy atom. The van der Waals surface area contributed by atoms with Crippen molar-refractivity contribution >= 4 is 5.97 Å². The predicted octanol–water partition coefficient (Wildman–Crippen LogP) is 1.97. The monoisotopic (exact) mass is 199 g/mol. The summed E-state index contributed by atoms with van der Waals surface area (Å²) in [7, 11) is 0. The highest BCUT2D eigenvalue weighted by Gasteiger charge is 2.39. The second-order valence-electron chi connectivity index (χ2n) is 5.72. The third-order valence-electron chi connectivity index (χ3n) is 3.08. The lowest BCUT2D eigenvalue weighted by molar-refractivity contribution is -0.139. The highest BCUT2D eigenvalue weighted by atomic mass is 16.4. The molecule has 0 amide bonds. The van der Waals surface area contributed by atoms with Gasteiger partial charge >= 0.3 is 5.97 Å². The van der Waals surface area contributed by atoms with Crippen LogP contribution in [0.2, 0.25) is 0 Å². The number of nitrogens with zero attached hydrogens (tertiary/aromatic N) is 1. The number of hydrogen-bond donors (Lipinski definition) is 1. The highest BCUT2D eigenvalue weighted by molar-refractivity contribution is 5.67. The van der Waals surface area contributed by atoms with Gasteiger partial charge in [-0.3, -0.25) is 9.69 Å².